The van der Waals surface area contributed by atoms with E-state index in [1.165, 1.54) is 12.1 Å². The van der Waals surface area contributed by atoms with Crippen molar-refractivity contribution >= 4 is 40.9 Å². The summed E-state index contributed by atoms with van der Waals surface area (Å²) in [7, 11) is 0. The number of nitro benzene ring substituents is 1. The zero-order chi connectivity index (χ0) is 17.9. The van der Waals surface area contributed by atoms with Crippen molar-refractivity contribution in [3.8, 4) is 0 Å². The van der Waals surface area contributed by atoms with Gasteiger partial charge in [0.1, 0.15) is 11.7 Å². The largest absolute Gasteiger partial charge is 0.480 e. The van der Waals surface area contributed by atoms with E-state index in [2.05, 4.69) is 10.6 Å². The first-order valence-corrected chi connectivity index (χ1v) is 8.02. The summed E-state index contributed by atoms with van der Waals surface area (Å²) in [5.74, 6) is -2.06. The summed E-state index contributed by atoms with van der Waals surface area (Å²) < 4.78 is 0. The smallest absolute Gasteiger partial charge is 0.327 e. The molecule has 0 unspecified atom stereocenters. The van der Waals surface area contributed by atoms with Gasteiger partial charge in [-0.25, -0.2) is 4.79 Å². The topological polar surface area (TPSA) is 139 Å². The fourth-order valence-electron chi connectivity index (χ4n) is 2.15. The van der Waals surface area contributed by atoms with Crippen LogP contribution in [0.1, 0.15) is 12.0 Å². The number of aryl methyl sites for hydroxylation is 1. The van der Waals surface area contributed by atoms with Crippen molar-refractivity contribution in [2.45, 2.75) is 24.6 Å². The van der Waals surface area contributed by atoms with E-state index < -0.39 is 34.0 Å². The zero-order valence-electron chi connectivity index (χ0n) is 12.6. The van der Waals surface area contributed by atoms with Gasteiger partial charge in [0.05, 0.1) is 10.2 Å². The van der Waals surface area contributed by atoms with Gasteiger partial charge in [0.2, 0.25) is 11.8 Å². The predicted molar refractivity (Wildman–Crippen MR) is 86.9 cm³/mol. The van der Waals surface area contributed by atoms with Crippen molar-refractivity contribution in [3.63, 3.8) is 0 Å². The third kappa shape index (κ3) is 4.22. The summed E-state index contributed by atoms with van der Waals surface area (Å²) in [6, 6.07) is 3.43. The number of thioether (sulfide) groups is 1. The van der Waals surface area contributed by atoms with E-state index in [0.29, 0.717) is 5.56 Å². The number of nitro groups is 1. The molecule has 24 heavy (non-hydrogen) atoms. The van der Waals surface area contributed by atoms with Gasteiger partial charge in [-0.1, -0.05) is 6.07 Å². The van der Waals surface area contributed by atoms with Crippen LogP contribution >= 0.6 is 11.8 Å². The van der Waals surface area contributed by atoms with Crippen LogP contribution < -0.4 is 10.6 Å². The number of rotatable bonds is 5. The monoisotopic (exact) mass is 353 g/mol. The Morgan fingerprint density at radius 2 is 2.21 bits per heavy atom. The molecular weight excluding hydrogens is 338 g/mol. The quantitative estimate of drug-likeness (QED) is 0.528. The number of nitrogens with zero attached hydrogens (tertiary/aromatic N) is 1. The van der Waals surface area contributed by atoms with Crippen LogP contribution in [-0.4, -0.2) is 44.9 Å². The molecule has 128 valence electrons. The molecule has 0 radical (unpaired) electrons. The molecule has 0 spiro atoms. The first kappa shape index (κ1) is 17.7. The van der Waals surface area contributed by atoms with Gasteiger partial charge in [-0.05, 0) is 18.6 Å². The molecule has 0 aromatic heterocycles. The van der Waals surface area contributed by atoms with E-state index >= 15 is 0 Å². The number of hydrogen-bond acceptors (Lipinski definition) is 6. The first-order chi connectivity index (χ1) is 11.3. The van der Waals surface area contributed by atoms with Crippen LogP contribution in [0.25, 0.3) is 0 Å². The normalized spacial score (nSPS) is 20.1. The molecule has 1 aromatic rings. The molecule has 0 aliphatic carbocycles. The molecule has 2 rings (SSSR count). The lowest BCUT2D eigenvalue weighted by Crippen LogP contribution is -2.51. The number of hydrogen-bond donors (Lipinski definition) is 3. The maximum absolute atomic E-state index is 12.1. The van der Waals surface area contributed by atoms with Crippen molar-refractivity contribution in [3.05, 3.63) is 33.9 Å². The minimum absolute atomic E-state index is 0.0558. The summed E-state index contributed by atoms with van der Waals surface area (Å²) in [5.41, 5.74) is 0.511. The number of benzene rings is 1. The molecule has 2 amide bonds. The van der Waals surface area contributed by atoms with Crippen LogP contribution in [0.15, 0.2) is 18.2 Å². The molecule has 1 fully saturated rings. The van der Waals surface area contributed by atoms with Crippen LogP contribution in [0.4, 0.5) is 11.4 Å². The highest BCUT2D eigenvalue weighted by Gasteiger charge is 2.33. The third-order valence-electron chi connectivity index (χ3n) is 3.37. The Hall–Kier alpha value is -2.62. The van der Waals surface area contributed by atoms with Gasteiger partial charge in [-0.15, -0.1) is 11.8 Å². The number of carbonyl (C=O) groups excluding carboxylic acids is 2. The number of carboxylic acids is 1. The summed E-state index contributed by atoms with van der Waals surface area (Å²) >= 11 is 1.07. The molecule has 0 bridgehead atoms. The molecule has 1 aromatic carbocycles. The Morgan fingerprint density at radius 1 is 1.50 bits per heavy atom. The lowest BCUT2D eigenvalue weighted by atomic mass is 10.2. The molecule has 9 nitrogen and oxygen atoms in total. The van der Waals surface area contributed by atoms with Crippen molar-refractivity contribution in [2.75, 3.05) is 11.1 Å². The molecular formula is C14H15N3O6S. The van der Waals surface area contributed by atoms with E-state index in [1.807, 2.05) is 0 Å². The van der Waals surface area contributed by atoms with Crippen molar-refractivity contribution < 1.29 is 24.4 Å². The highest BCUT2D eigenvalue weighted by atomic mass is 32.2. The highest BCUT2D eigenvalue weighted by Crippen LogP contribution is 2.27. The number of anilines is 1. The summed E-state index contributed by atoms with van der Waals surface area (Å²) in [6.07, 6.45) is -0.201. The minimum Gasteiger partial charge on any atom is -0.480 e. The second kappa shape index (κ2) is 7.30. The second-order valence-corrected chi connectivity index (χ2v) is 6.49. The predicted octanol–water partition coefficient (Wildman–Crippen LogP) is 0.917. The minimum atomic E-state index is -1.13. The van der Waals surface area contributed by atoms with Crippen LogP contribution in [0.5, 0.6) is 0 Å². The lowest BCUT2D eigenvalue weighted by molar-refractivity contribution is -0.384. The van der Waals surface area contributed by atoms with Gasteiger partial charge in [0.15, 0.2) is 0 Å². The molecule has 1 aliphatic rings. The third-order valence-corrected chi connectivity index (χ3v) is 4.67. The fraction of sp³-hybridized carbons (Fsp3) is 0.357. The Labute approximate surface area is 140 Å². The number of amides is 2. The van der Waals surface area contributed by atoms with Gasteiger partial charge in [-0.2, -0.15) is 0 Å². The van der Waals surface area contributed by atoms with Gasteiger partial charge in [0.25, 0.3) is 5.69 Å². The SMILES string of the molecule is Cc1ccc(NC(=O)C[C@@H]2SC[C@H](C(=O)O)NC2=O)c([N+](=O)[O-])c1. The molecule has 0 saturated carbocycles. The molecule has 1 heterocycles. The standard InChI is InChI=1S/C14H15N3O6S/c1-7-2-3-8(10(4-7)17(22)23)15-12(18)5-11-13(19)16-9(6-24-11)14(20)21/h2-4,9,11H,5-6H2,1H3,(H,15,18)(H,16,19)(H,20,21)/t9-,11+/m1/s1. The Morgan fingerprint density at radius 3 is 2.79 bits per heavy atom. The van der Waals surface area contributed by atoms with Crippen LogP contribution in [0, 0.1) is 17.0 Å². The summed E-state index contributed by atoms with van der Waals surface area (Å²) in [5, 5.41) is 23.9. The Kier molecular flexibility index (Phi) is 5.39. The molecule has 10 heteroatoms. The molecule has 1 saturated heterocycles. The maximum atomic E-state index is 12.1. The fourth-order valence-corrected chi connectivity index (χ4v) is 3.29. The molecule has 3 N–H and O–H groups in total. The summed E-state index contributed by atoms with van der Waals surface area (Å²) in [6.45, 7) is 1.69. The van der Waals surface area contributed by atoms with Gasteiger partial charge >= 0.3 is 5.97 Å². The van der Waals surface area contributed by atoms with Gasteiger partial charge in [0, 0.05) is 18.2 Å². The van der Waals surface area contributed by atoms with Gasteiger partial charge < -0.3 is 15.7 Å². The lowest BCUT2D eigenvalue weighted by Gasteiger charge is -2.25. The van der Waals surface area contributed by atoms with Crippen LogP contribution in [-0.2, 0) is 14.4 Å². The van der Waals surface area contributed by atoms with E-state index in [0.717, 1.165) is 11.8 Å². The Bertz CT molecular complexity index is 708. The van der Waals surface area contributed by atoms with E-state index in [9.17, 15) is 24.5 Å². The van der Waals surface area contributed by atoms with Crippen molar-refractivity contribution in [1.82, 2.24) is 5.32 Å². The maximum Gasteiger partial charge on any atom is 0.327 e. The highest BCUT2D eigenvalue weighted by molar-refractivity contribution is 8.00. The van der Waals surface area contributed by atoms with Crippen molar-refractivity contribution in [1.29, 1.82) is 0 Å². The van der Waals surface area contributed by atoms with Crippen LogP contribution in [0.3, 0.4) is 0 Å². The van der Waals surface area contributed by atoms with E-state index in [1.54, 1.807) is 13.0 Å². The number of aliphatic carboxylic acids is 1. The first-order valence-electron chi connectivity index (χ1n) is 6.97. The summed E-state index contributed by atoms with van der Waals surface area (Å²) in [4.78, 5) is 45.2. The number of carboxylic acid groups (broad SMARTS) is 1. The average Bonchev–Trinajstić information content (AvgIpc) is 2.50. The van der Waals surface area contributed by atoms with Crippen molar-refractivity contribution in [2.24, 2.45) is 0 Å². The second-order valence-electron chi connectivity index (χ2n) is 5.25. The van der Waals surface area contributed by atoms with E-state index in [-0.39, 0.29) is 23.5 Å². The van der Waals surface area contributed by atoms with Crippen LogP contribution in [0.2, 0.25) is 0 Å². The zero-order valence-corrected chi connectivity index (χ0v) is 13.5. The Balaban J connectivity index is 2.01. The molecule has 1 aliphatic heterocycles. The van der Waals surface area contributed by atoms with Gasteiger partial charge in [-0.3, -0.25) is 19.7 Å². The average molecular weight is 353 g/mol. The molecule has 2 atom stereocenters. The van der Waals surface area contributed by atoms with E-state index in [4.69, 9.17) is 5.11 Å². The number of carbonyl (C=O) groups is 3. The number of nitrogens with one attached hydrogen (secondary N) is 2.